The van der Waals surface area contributed by atoms with Gasteiger partial charge in [0, 0.05) is 0 Å². The van der Waals surface area contributed by atoms with Crippen LogP contribution in [-0.2, 0) is 0 Å². The van der Waals surface area contributed by atoms with Gasteiger partial charge in [0.15, 0.2) is 0 Å². The van der Waals surface area contributed by atoms with Crippen molar-refractivity contribution in [3.05, 3.63) is 81.9 Å². The maximum absolute atomic E-state index is 12.7. The Morgan fingerprint density at radius 3 is 2.12 bits per heavy atom. The number of carbonyl (C=O) groups is 3. The van der Waals surface area contributed by atoms with Crippen LogP contribution in [0.4, 0.5) is 0 Å². The van der Waals surface area contributed by atoms with Crippen molar-refractivity contribution in [2.45, 2.75) is 19.2 Å². The Morgan fingerprint density at radius 1 is 0.875 bits per heavy atom. The Morgan fingerprint density at radius 2 is 1.46 bits per heavy atom. The molecule has 0 amide bonds. The van der Waals surface area contributed by atoms with Gasteiger partial charge in [0.2, 0.25) is 0 Å². The molecule has 0 aliphatic heterocycles. The van der Waals surface area contributed by atoms with Gasteiger partial charge in [-0.25, -0.2) is 0 Å². The molecule has 0 atom stereocenters. The van der Waals surface area contributed by atoms with Crippen LogP contribution in [0.25, 0.3) is 0 Å². The average Bonchev–Trinajstić information content (AvgIpc) is 2.60. The Hall–Kier alpha value is -2.29. The summed E-state index contributed by atoms with van der Waals surface area (Å²) in [5.74, 6) is -0.235. The molecule has 1 aliphatic carbocycles. The van der Waals surface area contributed by atoms with Crippen LogP contribution >= 0.6 is 0 Å². The van der Waals surface area contributed by atoms with Gasteiger partial charge in [-0.05, 0) is 0 Å². The van der Waals surface area contributed by atoms with Gasteiger partial charge in [0.25, 0.3) is 0 Å². The predicted molar refractivity (Wildman–Crippen MR) is 93.9 cm³/mol. The van der Waals surface area contributed by atoms with Gasteiger partial charge in [-0.3, -0.25) is 0 Å². The fourth-order valence-electron chi connectivity index (χ4n) is 2.74. The number of aryl methyl sites for hydroxylation is 1. The molecule has 3 nitrogen and oxygen atoms in total. The SMILES string of the molecule is CC1=C(C[Se]C(=O)c2ccccc2C)C(=O)c2ccccc2C1=O. The molecule has 0 saturated carbocycles. The van der Waals surface area contributed by atoms with Gasteiger partial charge in [-0.15, -0.1) is 0 Å². The molecule has 0 N–H and O–H groups in total. The normalized spacial score (nSPS) is 13.9. The van der Waals surface area contributed by atoms with Crippen LogP contribution in [-0.4, -0.2) is 31.2 Å². The maximum atomic E-state index is 12.7. The molecule has 0 saturated heterocycles. The van der Waals surface area contributed by atoms with E-state index in [1.165, 1.54) is 0 Å². The van der Waals surface area contributed by atoms with Crippen LogP contribution in [0.5, 0.6) is 0 Å². The summed E-state index contributed by atoms with van der Waals surface area (Å²) in [4.78, 5) is 37.6. The Labute approximate surface area is 146 Å². The molecule has 2 aromatic carbocycles. The summed E-state index contributed by atoms with van der Waals surface area (Å²) >= 11 is -0.412. The minimum absolute atomic E-state index is 0.0556. The first-order valence-corrected chi connectivity index (χ1v) is 9.68. The summed E-state index contributed by atoms with van der Waals surface area (Å²) in [5.41, 5.74) is 3.50. The van der Waals surface area contributed by atoms with Crippen LogP contribution < -0.4 is 0 Å². The molecule has 0 aromatic heterocycles. The Kier molecular flexibility index (Phi) is 4.61. The first kappa shape index (κ1) is 16.6. The number of fused-ring (bicyclic) bond motifs is 1. The van der Waals surface area contributed by atoms with E-state index in [2.05, 4.69) is 0 Å². The number of carbonyl (C=O) groups excluding carboxylic acids is 3. The van der Waals surface area contributed by atoms with E-state index in [4.69, 9.17) is 0 Å². The summed E-state index contributed by atoms with van der Waals surface area (Å²) in [6.07, 6.45) is 0. The summed E-state index contributed by atoms with van der Waals surface area (Å²) < 4.78 is 0.0556. The molecule has 0 bridgehead atoms. The molecule has 2 aromatic rings. The van der Waals surface area contributed by atoms with Crippen molar-refractivity contribution in [3.63, 3.8) is 0 Å². The van der Waals surface area contributed by atoms with E-state index < -0.39 is 15.0 Å². The van der Waals surface area contributed by atoms with Crippen molar-refractivity contribution in [3.8, 4) is 0 Å². The fraction of sp³-hybridized carbons (Fsp3) is 0.150. The predicted octanol–water partition coefficient (Wildman–Crippen LogP) is 3.65. The van der Waals surface area contributed by atoms with E-state index in [1.54, 1.807) is 31.2 Å². The van der Waals surface area contributed by atoms with Crippen LogP contribution in [0.1, 0.15) is 43.6 Å². The monoisotopic (exact) mass is 384 g/mol. The zero-order valence-corrected chi connectivity index (χ0v) is 15.2. The van der Waals surface area contributed by atoms with Gasteiger partial charge in [-0.2, -0.15) is 0 Å². The van der Waals surface area contributed by atoms with E-state index in [0.29, 0.717) is 33.2 Å². The first-order chi connectivity index (χ1) is 11.5. The van der Waals surface area contributed by atoms with Crippen molar-refractivity contribution in [2.24, 2.45) is 0 Å². The second kappa shape index (κ2) is 6.68. The van der Waals surface area contributed by atoms with Crippen molar-refractivity contribution in [1.82, 2.24) is 0 Å². The van der Waals surface area contributed by atoms with Crippen molar-refractivity contribution < 1.29 is 14.4 Å². The molecule has 120 valence electrons. The topological polar surface area (TPSA) is 51.2 Å². The average molecular weight is 383 g/mol. The molecule has 3 rings (SSSR count). The minimum atomic E-state index is -0.412. The molecule has 0 heterocycles. The van der Waals surface area contributed by atoms with E-state index in [9.17, 15) is 14.4 Å². The third-order valence-electron chi connectivity index (χ3n) is 4.20. The molecular weight excluding hydrogens is 367 g/mol. The molecular formula is C20H16O3Se. The fourth-order valence-corrected chi connectivity index (χ4v) is 4.86. The molecule has 0 fully saturated rings. The number of hydrogen-bond donors (Lipinski definition) is 0. The third-order valence-corrected chi connectivity index (χ3v) is 6.12. The summed E-state index contributed by atoms with van der Waals surface area (Å²) in [6.45, 7) is 3.58. The number of allylic oxidation sites excluding steroid dienone is 2. The van der Waals surface area contributed by atoms with Gasteiger partial charge >= 0.3 is 147 Å². The van der Waals surface area contributed by atoms with E-state index in [-0.39, 0.29) is 16.2 Å². The zero-order chi connectivity index (χ0) is 17.3. The molecule has 1 aliphatic rings. The summed E-state index contributed by atoms with van der Waals surface area (Å²) in [5, 5.41) is 0.352. The van der Waals surface area contributed by atoms with E-state index in [0.717, 1.165) is 5.56 Å². The number of hydrogen-bond acceptors (Lipinski definition) is 3. The molecule has 0 spiro atoms. The van der Waals surface area contributed by atoms with Crippen LogP contribution in [0.2, 0.25) is 5.32 Å². The van der Waals surface area contributed by atoms with Gasteiger partial charge in [0.05, 0.1) is 0 Å². The van der Waals surface area contributed by atoms with Crippen molar-refractivity contribution in [1.29, 1.82) is 0 Å². The van der Waals surface area contributed by atoms with Gasteiger partial charge < -0.3 is 0 Å². The number of Topliss-reactive ketones (excluding diaryl/α,β-unsaturated/α-hetero) is 2. The number of ketones is 2. The number of rotatable bonds is 4. The summed E-state index contributed by atoms with van der Waals surface area (Å²) in [7, 11) is 0. The van der Waals surface area contributed by atoms with Crippen molar-refractivity contribution >= 4 is 31.2 Å². The van der Waals surface area contributed by atoms with E-state index in [1.807, 2.05) is 31.2 Å². The van der Waals surface area contributed by atoms with Crippen LogP contribution in [0.3, 0.4) is 0 Å². The first-order valence-electron chi connectivity index (χ1n) is 7.61. The third kappa shape index (κ3) is 2.91. The number of benzene rings is 2. The second-order valence-corrected chi connectivity index (χ2v) is 7.69. The Balaban J connectivity index is 1.84. The standard InChI is InChI=1S/C20H16O3Se/c1-12-7-3-4-8-14(12)20(23)24-11-17-13(2)18(21)15-9-5-6-10-16(15)19(17)22/h3-10H,11H2,1-2H3. The van der Waals surface area contributed by atoms with Crippen LogP contribution in [0.15, 0.2) is 59.7 Å². The quantitative estimate of drug-likeness (QED) is 0.758. The van der Waals surface area contributed by atoms with Gasteiger partial charge in [-0.1, -0.05) is 0 Å². The zero-order valence-electron chi connectivity index (χ0n) is 13.5. The second-order valence-electron chi connectivity index (χ2n) is 5.70. The molecule has 0 radical (unpaired) electrons. The Bertz CT molecular complexity index is 893. The molecule has 4 heteroatoms. The van der Waals surface area contributed by atoms with Crippen LogP contribution in [0, 0.1) is 6.92 Å². The molecule has 0 unspecified atom stereocenters. The summed E-state index contributed by atoms with van der Waals surface area (Å²) in [6, 6.07) is 14.3. The van der Waals surface area contributed by atoms with Crippen molar-refractivity contribution in [2.75, 3.05) is 0 Å². The van der Waals surface area contributed by atoms with Gasteiger partial charge in [0.1, 0.15) is 0 Å². The van der Waals surface area contributed by atoms with E-state index >= 15 is 0 Å². The molecule has 24 heavy (non-hydrogen) atoms.